The topological polar surface area (TPSA) is 66.6 Å². The molecule has 0 aromatic rings. The van der Waals surface area contributed by atoms with Gasteiger partial charge in [-0.3, -0.25) is 9.59 Å². The number of nitrogens with two attached hydrogens (primary N) is 1. The van der Waals surface area contributed by atoms with Crippen molar-refractivity contribution in [3.05, 3.63) is 0 Å². The highest BCUT2D eigenvalue weighted by Crippen LogP contribution is 2.42. The molecule has 0 atom stereocenters. The Hall–Kier alpha value is -1.17. The molecule has 0 aromatic carbocycles. The average molecular weight is 257 g/mol. The van der Waals surface area contributed by atoms with Crippen LogP contribution in [0.15, 0.2) is 0 Å². The molecular formula is C11H19N3O2S. The fourth-order valence-corrected chi connectivity index (χ4v) is 2.17. The lowest BCUT2D eigenvalue weighted by atomic mass is 9.67. The molecule has 17 heavy (non-hydrogen) atoms. The van der Waals surface area contributed by atoms with Gasteiger partial charge in [-0.1, -0.05) is 18.6 Å². The third kappa shape index (κ3) is 2.57. The molecule has 0 spiro atoms. The van der Waals surface area contributed by atoms with Gasteiger partial charge < -0.3 is 15.5 Å². The molecule has 0 radical (unpaired) electrons. The summed E-state index contributed by atoms with van der Waals surface area (Å²) in [5.74, 6) is -0.246. The molecule has 0 aromatic heterocycles. The van der Waals surface area contributed by atoms with E-state index in [0.717, 1.165) is 6.42 Å². The molecule has 0 bridgehead atoms. The molecule has 1 fully saturated rings. The Morgan fingerprint density at radius 3 is 2.12 bits per heavy atom. The van der Waals surface area contributed by atoms with Crippen molar-refractivity contribution >= 4 is 29.0 Å². The van der Waals surface area contributed by atoms with Crippen LogP contribution in [0.4, 0.5) is 0 Å². The van der Waals surface area contributed by atoms with E-state index >= 15 is 0 Å². The second-order valence-corrected chi connectivity index (χ2v) is 5.19. The number of carbonyl (C=O) groups excluding carboxylic acids is 2. The zero-order valence-electron chi connectivity index (χ0n) is 10.5. The highest BCUT2D eigenvalue weighted by molar-refractivity contribution is 7.80. The molecule has 0 saturated heterocycles. The molecule has 2 amide bonds. The fourth-order valence-electron chi connectivity index (χ4n) is 1.88. The molecule has 1 aliphatic carbocycles. The molecule has 1 saturated carbocycles. The lowest BCUT2D eigenvalue weighted by Gasteiger charge is -2.41. The van der Waals surface area contributed by atoms with E-state index in [-0.39, 0.29) is 23.3 Å². The van der Waals surface area contributed by atoms with Crippen LogP contribution in [0, 0.1) is 5.41 Å². The lowest BCUT2D eigenvalue weighted by molar-refractivity contribution is -0.145. The number of hydrogen-bond donors (Lipinski definition) is 1. The zero-order chi connectivity index (χ0) is 13.2. The molecule has 6 heteroatoms. The predicted molar refractivity (Wildman–Crippen MR) is 69.4 cm³/mol. The van der Waals surface area contributed by atoms with Gasteiger partial charge in [-0.15, -0.1) is 0 Å². The van der Waals surface area contributed by atoms with Crippen LogP contribution in [0.1, 0.15) is 19.3 Å². The van der Waals surface area contributed by atoms with Crippen molar-refractivity contribution in [2.75, 3.05) is 27.7 Å². The summed E-state index contributed by atoms with van der Waals surface area (Å²) >= 11 is 4.98. The smallest absolute Gasteiger partial charge is 0.241 e. The Balaban J connectivity index is 2.69. The molecular weight excluding hydrogens is 238 g/mol. The molecule has 2 N–H and O–H groups in total. The summed E-state index contributed by atoms with van der Waals surface area (Å²) < 4.78 is 0. The van der Waals surface area contributed by atoms with Gasteiger partial charge in [0.05, 0.1) is 16.9 Å². The highest BCUT2D eigenvalue weighted by Gasteiger charge is 2.48. The van der Waals surface area contributed by atoms with E-state index in [4.69, 9.17) is 18.0 Å². The third-order valence-corrected chi connectivity index (χ3v) is 3.70. The first kappa shape index (κ1) is 13.9. The van der Waals surface area contributed by atoms with Crippen molar-refractivity contribution in [3.63, 3.8) is 0 Å². The van der Waals surface area contributed by atoms with Crippen LogP contribution in [0.2, 0.25) is 0 Å². The van der Waals surface area contributed by atoms with Gasteiger partial charge in [0.25, 0.3) is 0 Å². The summed E-state index contributed by atoms with van der Waals surface area (Å²) in [4.78, 5) is 26.9. The van der Waals surface area contributed by atoms with Crippen molar-refractivity contribution in [3.8, 4) is 0 Å². The Labute approximate surface area is 107 Å². The molecule has 1 rings (SSSR count). The van der Waals surface area contributed by atoms with Crippen LogP contribution in [0.3, 0.4) is 0 Å². The SMILES string of the molecule is CN(C)C(=O)CN(C)C(=O)C1(C(N)=S)CCC1. The number of nitrogens with zero attached hydrogens (tertiary/aromatic N) is 2. The van der Waals surface area contributed by atoms with Gasteiger partial charge in [0.2, 0.25) is 11.8 Å². The van der Waals surface area contributed by atoms with Gasteiger partial charge in [-0.2, -0.15) is 0 Å². The second-order valence-electron chi connectivity index (χ2n) is 4.75. The maximum absolute atomic E-state index is 12.2. The highest BCUT2D eigenvalue weighted by atomic mass is 32.1. The minimum Gasteiger partial charge on any atom is -0.392 e. The quantitative estimate of drug-likeness (QED) is 0.719. The first-order chi connectivity index (χ1) is 7.81. The van der Waals surface area contributed by atoms with Crippen LogP contribution in [-0.2, 0) is 9.59 Å². The molecule has 1 aliphatic rings. The minimum absolute atomic E-state index is 0.0657. The summed E-state index contributed by atoms with van der Waals surface area (Å²) in [6, 6.07) is 0. The van der Waals surface area contributed by atoms with E-state index in [9.17, 15) is 9.59 Å². The van der Waals surface area contributed by atoms with E-state index < -0.39 is 5.41 Å². The normalized spacial score (nSPS) is 16.9. The van der Waals surface area contributed by atoms with Gasteiger partial charge in [0, 0.05) is 21.1 Å². The summed E-state index contributed by atoms with van der Waals surface area (Å²) in [7, 11) is 4.93. The van der Waals surface area contributed by atoms with Gasteiger partial charge in [0.15, 0.2) is 0 Å². The van der Waals surface area contributed by atoms with Gasteiger partial charge >= 0.3 is 0 Å². The Bertz CT molecular complexity index is 351. The van der Waals surface area contributed by atoms with Crippen LogP contribution in [0.25, 0.3) is 0 Å². The molecule has 0 unspecified atom stereocenters. The first-order valence-corrected chi connectivity index (χ1v) is 5.98. The number of hydrogen-bond acceptors (Lipinski definition) is 3. The van der Waals surface area contributed by atoms with Crippen molar-refractivity contribution in [1.29, 1.82) is 0 Å². The number of likely N-dealkylation sites (N-methyl/N-ethyl adjacent to an activating group) is 2. The van der Waals surface area contributed by atoms with Gasteiger partial charge in [-0.05, 0) is 12.8 Å². The van der Waals surface area contributed by atoms with E-state index in [1.165, 1.54) is 9.80 Å². The van der Waals surface area contributed by atoms with E-state index in [1.54, 1.807) is 21.1 Å². The minimum atomic E-state index is -0.698. The van der Waals surface area contributed by atoms with Crippen molar-refractivity contribution in [1.82, 2.24) is 9.80 Å². The average Bonchev–Trinajstić information content (AvgIpc) is 2.14. The van der Waals surface area contributed by atoms with Gasteiger partial charge in [-0.25, -0.2) is 0 Å². The molecule has 0 heterocycles. The maximum atomic E-state index is 12.2. The van der Waals surface area contributed by atoms with Crippen LogP contribution in [0.5, 0.6) is 0 Å². The largest absolute Gasteiger partial charge is 0.392 e. The second kappa shape index (κ2) is 5.00. The Morgan fingerprint density at radius 1 is 1.29 bits per heavy atom. The van der Waals surface area contributed by atoms with Crippen molar-refractivity contribution in [2.24, 2.45) is 11.1 Å². The summed E-state index contributed by atoms with van der Waals surface area (Å²) in [6.07, 6.45) is 2.35. The van der Waals surface area contributed by atoms with E-state index in [0.29, 0.717) is 12.8 Å². The van der Waals surface area contributed by atoms with Gasteiger partial charge in [0.1, 0.15) is 0 Å². The van der Waals surface area contributed by atoms with E-state index in [1.807, 2.05) is 0 Å². The predicted octanol–water partition coefficient (Wildman–Crippen LogP) is -0.0106. The van der Waals surface area contributed by atoms with Crippen LogP contribution in [-0.4, -0.2) is 54.3 Å². The third-order valence-electron chi connectivity index (χ3n) is 3.31. The fraction of sp³-hybridized carbons (Fsp3) is 0.727. The summed E-state index contributed by atoms with van der Waals surface area (Å²) in [6.45, 7) is 0.0657. The molecule has 0 aliphatic heterocycles. The Kier molecular flexibility index (Phi) is 4.08. The van der Waals surface area contributed by atoms with E-state index in [2.05, 4.69) is 0 Å². The first-order valence-electron chi connectivity index (χ1n) is 5.57. The number of carbonyl (C=O) groups is 2. The molecule has 5 nitrogen and oxygen atoms in total. The standard InChI is InChI=1S/C11H19N3O2S/c1-13(2)8(15)7-14(3)10(16)11(9(12)17)5-4-6-11/h4-7H2,1-3H3,(H2,12,17). The number of amides is 2. The van der Waals surface area contributed by atoms with Crippen LogP contribution < -0.4 is 5.73 Å². The zero-order valence-corrected chi connectivity index (χ0v) is 11.3. The van der Waals surface area contributed by atoms with Crippen LogP contribution >= 0.6 is 12.2 Å². The lowest BCUT2D eigenvalue weighted by Crippen LogP contribution is -2.54. The summed E-state index contributed by atoms with van der Waals surface area (Å²) in [5, 5.41) is 0. The Morgan fingerprint density at radius 2 is 1.82 bits per heavy atom. The van der Waals surface area contributed by atoms with Crippen molar-refractivity contribution in [2.45, 2.75) is 19.3 Å². The summed E-state index contributed by atoms with van der Waals surface area (Å²) in [5.41, 5.74) is 4.95. The molecule has 96 valence electrons. The maximum Gasteiger partial charge on any atom is 0.241 e. The number of rotatable bonds is 4. The van der Waals surface area contributed by atoms with Crippen molar-refractivity contribution < 1.29 is 9.59 Å². The number of thiocarbonyl (C=S) groups is 1. The monoisotopic (exact) mass is 257 g/mol.